The van der Waals surface area contributed by atoms with Crippen LogP contribution in [0.2, 0.25) is 0 Å². The minimum absolute atomic E-state index is 0. The fraction of sp³-hybridized carbons (Fsp3) is 0.227. The molecule has 4 rings (SSSR count). The third-order valence-electron chi connectivity index (χ3n) is 5.18. The summed E-state index contributed by atoms with van der Waals surface area (Å²) in [5, 5.41) is 1.39. The Morgan fingerprint density at radius 2 is 1.72 bits per heavy atom. The maximum atomic E-state index is 13.0. The summed E-state index contributed by atoms with van der Waals surface area (Å²) in [6.45, 7) is 3.85. The first-order valence-electron chi connectivity index (χ1n) is 9.37. The lowest BCUT2D eigenvalue weighted by Crippen LogP contribution is -2.48. The van der Waals surface area contributed by atoms with Crippen LogP contribution in [0.15, 0.2) is 64.9 Å². The molecule has 2 N–H and O–H groups in total. The number of carbonyl (C=O) groups is 1. The molecular weight excluding hydrogens is 408 g/mol. The Bertz CT molecular complexity index is 923. The summed E-state index contributed by atoms with van der Waals surface area (Å²) in [4.78, 5) is 17.6. The zero-order valence-electron chi connectivity index (χ0n) is 16.0. The van der Waals surface area contributed by atoms with Gasteiger partial charge < -0.3 is 4.90 Å². The molecule has 0 unspecified atom stereocenters. The molecule has 0 saturated carbocycles. The molecule has 2 aliphatic rings. The molecule has 1 amide bonds. The van der Waals surface area contributed by atoms with Crippen molar-refractivity contribution in [1.29, 1.82) is 0 Å². The first kappa shape index (κ1) is 21.6. The minimum Gasteiger partial charge on any atom is -0.336 e. The summed E-state index contributed by atoms with van der Waals surface area (Å²) in [7, 11) is -2.90. The average Bonchev–Trinajstić information content (AvgIpc) is 3.04. The second-order valence-electron chi connectivity index (χ2n) is 7.02. The lowest BCUT2D eigenvalue weighted by Gasteiger charge is -2.34. The van der Waals surface area contributed by atoms with Crippen molar-refractivity contribution in [2.24, 2.45) is 0 Å². The van der Waals surface area contributed by atoms with E-state index in [2.05, 4.69) is 29.2 Å². The predicted molar refractivity (Wildman–Crippen MR) is 122 cm³/mol. The zero-order chi connectivity index (χ0) is 19.6. The number of carbonyl (C=O) groups excluding carboxylic acids is 1. The molecule has 0 aromatic heterocycles. The van der Waals surface area contributed by atoms with Gasteiger partial charge in [-0.25, -0.2) is 0 Å². The van der Waals surface area contributed by atoms with Gasteiger partial charge in [-0.05, 0) is 23.8 Å². The van der Waals surface area contributed by atoms with E-state index in [-0.39, 0.29) is 18.3 Å². The number of hydrogen-bond acceptors (Lipinski definition) is 4. The smallest absolute Gasteiger partial charge is 0.254 e. The largest absolute Gasteiger partial charge is 0.336 e. The number of amides is 1. The molecule has 2 aromatic carbocycles. The second-order valence-corrected chi connectivity index (χ2v) is 8.92. The molecule has 0 spiro atoms. The molecule has 0 aliphatic carbocycles. The highest BCUT2D eigenvalue weighted by Gasteiger charge is 2.28. The highest BCUT2D eigenvalue weighted by Crippen LogP contribution is 2.56. The van der Waals surface area contributed by atoms with Gasteiger partial charge in [-0.2, -0.15) is 0 Å². The van der Waals surface area contributed by atoms with Crippen LogP contribution in [0.3, 0.4) is 0 Å². The molecule has 0 bridgehead atoms. The second kappa shape index (κ2) is 9.15. The molecule has 29 heavy (non-hydrogen) atoms. The standard InChI is InChI=1S/C22H24N2O3S.ClH/c25-22(20-9-4-10-21-19(20)11-17-28(21,26)27)24-15-13-23(14-16-24)12-5-8-18-6-2-1-3-7-18;/h1-11,17,26-27H,12-16H2;1H. The number of piperazine rings is 1. The number of rotatable bonds is 4. The van der Waals surface area contributed by atoms with Crippen LogP contribution in [0, 0.1) is 0 Å². The Morgan fingerprint density at radius 3 is 2.45 bits per heavy atom. The number of nitrogens with zero attached hydrogens (tertiary/aromatic N) is 2. The highest BCUT2D eigenvalue weighted by molar-refractivity contribution is 8.27. The van der Waals surface area contributed by atoms with Crippen LogP contribution in [0.25, 0.3) is 12.2 Å². The van der Waals surface area contributed by atoms with Crippen LogP contribution in [0.4, 0.5) is 0 Å². The molecule has 0 radical (unpaired) electrons. The third kappa shape index (κ3) is 4.74. The van der Waals surface area contributed by atoms with Crippen molar-refractivity contribution in [2.45, 2.75) is 4.90 Å². The van der Waals surface area contributed by atoms with Crippen LogP contribution in [0.5, 0.6) is 0 Å². The first-order chi connectivity index (χ1) is 13.5. The molecule has 154 valence electrons. The maximum absolute atomic E-state index is 13.0. The predicted octanol–water partition coefficient (Wildman–Crippen LogP) is 4.67. The zero-order valence-corrected chi connectivity index (χ0v) is 17.6. The van der Waals surface area contributed by atoms with Crippen LogP contribution < -0.4 is 0 Å². The van der Waals surface area contributed by atoms with Gasteiger partial charge in [0.1, 0.15) is 0 Å². The van der Waals surface area contributed by atoms with Gasteiger partial charge in [-0.1, -0.05) is 48.6 Å². The van der Waals surface area contributed by atoms with Crippen LogP contribution in [-0.2, 0) is 0 Å². The highest BCUT2D eigenvalue weighted by atomic mass is 35.5. The van der Waals surface area contributed by atoms with Gasteiger partial charge in [-0.15, -0.1) is 23.0 Å². The number of hydrogen-bond donors (Lipinski definition) is 2. The molecule has 5 nitrogen and oxygen atoms in total. The van der Waals surface area contributed by atoms with Crippen molar-refractivity contribution in [3.05, 3.63) is 76.7 Å². The summed E-state index contributed by atoms with van der Waals surface area (Å²) >= 11 is 0. The Balaban J connectivity index is 0.00000240. The maximum Gasteiger partial charge on any atom is 0.254 e. The van der Waals surface area contributed by atoms with E-state index < -0.39 is 10.6 Å². The van der Waals surface area contributed by atoms with Crippen LogP contribution in [0.1, 0.15) is 21.5 Å². The lowest BCUT2D eigenvalue weighted by molar-refractivity contribution is 0.0650. The Hall–Kier alpha value is -2.09. The first-order valence-corrected chi connectivity index (χ1v) is 11.0. The molecule has 2 heterocycles. The van der Waals surface area contributed by atoms with Crippen molar-refractivity contribution in [2.75, 3.05) is 32.7 Å². The van der Waals surface area contributed by atoms with E-state index in [9.17, 15) is 13.9 Å². The van der Waals surface area contributed by atoms with Gasteiger partial charge in [0.05, 0.1) is 4.90 Å². The van der Waals surface area contributed by atoms with Gasteiger partial charge >= 0.3 is 0 Å². The Kier molecular flexibility index (Phi) is 6.82. The van der Waals surface area contributed by atoms with Gasteiger partial charge in [-0.3, -0.25) is 18.8 Å². The van der Waals surface area contributed by atoms with Crippen LogP contribution >= 0.6 is 23.0 Å². The van der Waals surface area contributed by atoms with Gasteiger partial charge in [0.25, 0.3) is 5.91 Å². The quantitative estimate of drug-likeness (QED) is 0.736. The summed E-state index contributed by atoms with van der Waals surface area (Å²) in [5.41, 5.74) is 2.37. The molecule has 0 atom stereocenters. The van der Waals surface area contributed by atoms with E-state index in [1.165, 1.54) is 11.0 Å². The molecule has 2 aliphatic heterocycles. The molecule has 1 fully saturated rings. The fourth-order valence-electron chi connectivity index (χ4n) is 3.61. The molecule has 2 aromatic rings. The lowest BCUT2D eigenvalue weighted by atomic mass is 10.1. The van der Waals surface area contributed by atoms with Gasteiger partial charge in [0, 0.05) is 49.3 Å². The molecular formula is C22H25ClN2O3S. The van der Waals surface area contributed by atoms with E-state index >= 15 is 0 Å². The number of halogens is 1. The number of benzene rings is 2. The Labute approximate surface area is 179 Å². The normalized spacial score (nSPS) is 19.0. The third-order valence-corrected chi connectivity index (χ3v) is 6.70. The van der Waals surface area contributed by atoms with E-state index in [1.54, 1.807) is 24.3 Å². The van der Waals surface area contributed by atoms with Crippen molar-refractivity contribution in [1.82, 2.24) is 9.80 Å². The van der Waals surface area contributed by atoms with E-state index in [0.717, 1.165) is 19.6 Å². The summed E-state index contributed by atoms with van der Waals surface area (Å²) in [6, 6.07) is 15.4. The van der Waals surface area contributed by atoms with Crippen molar-refractivity contribution in [3.63, 3.8) is 0 Å². The fourth-order valence-corrected chi connectivity index (χ4v) is 4.86. The average molecular weight is 433 g/mol. The summed E-state index contributed by atoms with van der Waals surface area (Å²) in [5.74, 6) is -0.0434. The number of fused-ring (bicyclic) bond motifs is 1. The SMILES string of the molecule is Cl.O=C(c1cccc2c1C=CS2(O)O)N1CCN(CC=Cc2ccccc2)CC1. The minimum atomic E-state index is -2.90. The topological polar surface area (TPSA) is 64.0 Å². The van der Waals surface area contributed by atoms with E-state index in [1.807, 2.05) is 23.1 Å². The van der Waals surface area contributed by atoms with Gasteiger partial charge in [0.15, 0.2) is 0 Å². The van der Waals surface area contributed by atoms with Gasteiger partial charge in [0.2, 0.25) is 0 Å². The summed E-state index contributed by atoms with van der Waals surface area (Å²) < 4.78 is 20.2. The Morgan fingerprint density at radius 1 is 1.00 bits per heavy atom. The molecule has 7 heteroatoms. The van der Waals surface area contributed by atoms with Crippen molar-refractivity contribution >= 4 is 41.1 Å². The van der Waals surface area contributed by atoms with Crippen molar-refractivity contribution in [3.8, 4) is 0 Å². The monoisotopic (exact) mass is 432 g/mol. The van der Waals surface area contributed by atoms with E-state index in [0.29, 0.717) is 29.1 Å². The van der Waals surface area contributed by atoms with E-state index in [4.69, 9.17) is 0 Å². The molecule has 1 saturated heterocycles. The van der Waals surface area contributed by atoms with Crippen molar-refractivity contribution < 1.29 is 13.9 Å². The van der Waals surface area contributed by atoms with Crippen LogP contribution in [-0.4, -0.2) is 57.5 Å². The summed E-state index contributed by atoms with van der Waals surface area (Å²) in [6.07, 6.45) is 5.94.